The van der Waals surface area contributed by atoms with E-state index in [2.05, 4.69) is 0 Å². The molecule has 0 aliphatic heterocycles. The Kier molecular flexibility index (Phi) is 4.20. The summed E-state index contributed by atoms with van der Waals surface area (Å²) in [5.41, 5.74) is 5.20. The van der Waals surface area contributed by atoms with Gasteiger partial charge in [-0.1, -0.05) is 13.8 Å². The second-order valence-electron chi connectivity index (χ2n) is 3.75. The van der Waals surface area contributed by atoms with E-state index in [9.17, 15) is 4.79 Å². The Morgan fingerprint density at radius 1 is 1.67 bits per heavy atom. The van der Waals surface area contributed by atoms with Crippen molar-refractivity contribution in [3.8, 4) is 0 Å². The highest BCUT2D eigenvalue weighted by Gasteiger charge is 2.24. The van der Waals surface area contributed by atoms with E-state index >= 15 is 0 Å². The van der Waals surface area contributed by atoms with Gasteiger partial charge in [-0.15, -0.1) is 0 Å². The number of hydrogen-bond donors (Lipinski definition) is 2. The van der Waals surface area contributed by atoms with Crippen LogP contribution in [-0.4, -0.2) is 30.8 Å². The Labute approximate surface area is 72.7 Å². The average Bonchev–Trinajstić information content (AvgIpc) is 1.85. The maximum Gasteiger partial charge on any atom is 0.320 e. The standard InChI is InChI=1S/C8H17NO3/c1-8(2,5-12-3)4-6(9)7(10)11/h6H,4-5,9H2,1-3H3,(H,10,11)/t6-/m1/s1. The minimum Gasteiger partial charge on any atom is -0.480 e. The smallest absolute Gasteiger partial charge is 0.320 e. The summed E-state index contributed by atoms with van der Waals surface area (Å²) in [6, 6.07) is -0.796. The van der Waals surface area contributed by atoms with E-state index in [0.29, 0.717) is 13.0 Å². The van der Waals surface area contributed by atoms with E-state index in [1.165, 1.54) is 0 Å². The van der Waals surface area contributed by atoms with Crippen LogP contribution in [0.5, 0.6) is 0 Å². The number of aliphatic carboxylic acids is 1. The molecule has 0 spiro atoms. The zero-order chi connectivity index (χ0) is 9.78. The topological polar surface area (TPSA) is 72.5 Å². The Hall–Kier alpha value is -0.610. The van der Waals surface area contributed by atoms with Crippen molar-refractivity contribution < 1.29 is 14.6 Å². The van der Waals surface area contributed by atoms with E-state index in [1.807, 2.05) is 13.8 Å². The third-order valence-electron chi connectivity index (χ3n) is 1.62. The molecule has 0 saturated heterocycles. The molecule has 72 valence electrons. The molecule has 0 bridgehead atoms. The van der Waals surface area contributed by atoms with Gasteiger partial charge < -0.3 is 15.6 Å². The lowest BCUT2D eigenvalue weighted by Gasteiger charge is -2.25. The third-order valence-corrected chi connectivity index (χ3v) is 1.62. The van der Waals surface area contributed by atoms with Crippen molar-refractivity contribution in [1.29, 1.82) is 0 Å². The predicted molar refractivity (Wildman–Crippen MR) is 45.9 cm³/mol. The quantitative estimate of drug-likeness (QED) is 0.636. The molecule has 3 N–H and O–H groups in total. The zero-order valence-corrected chi connectivity index (χ0v) is 7.83. The number of methoxy groups -OCH3 is 1. The van der Waals surface area contributed by atoms with Crippen molar-refractivity contribution in [2.24, 2.45) is 11.1 Å². The number of ether oxygens (including phenoxy) is 1. The highest BCUT2D eigenvalue weighted by Crippen LogP contribution is 2.21. The van der Waals surface area contributed by atoms with Crippen LogP contribution in [0.2, 0.25) is 0 Å². The summed E-state index contributed by atoms with van der Waals surface area (Å²) in [5.74, 6) is -0.959. The third kappa shape index (κ3) is 4.31. The molecule has 0 heterocycles. The molecule has 0 saturated carbocycles. The van der Waals surface area contributed by atoms with E-state index in [-0.39, 0.29) is 5.41 Å². The van der Waals surface area contributed by atoms with E-state index in [4.69, 9.17) is 15.6 Å². The fourth-order valence-electron chi connectivity index (χ4n) is 1.13. The minimum absolute atomic E-state index is 0.174. The van der Waals surface area contributed by atoms with Crippen LogP contribution < -0.4 is 5.73 Å². The maximum atomic E-state index is 10.4. The summed E-state index contributed by atoms with van der Waals surface area (Å²) in [6.45, 7) is 4.38. The van der Waals surface area contributed by atoms with Crippen LogP contribution in [0.25, 0.3) is 0 Å². The number of carboxylic acid groups (broad SMARTS) is 1. The van der Waals surface area contributed by atoms with Gasteiger partial charge >= 0.3 is 5.97 Å². The number of carboxylic acids is 1. The van der Waals surface area contributed by atoms with Crippen molar-refractivity contribution in [3.05, 3.63) is 0 Å². The van der Waals surface area contributed by atoms with Gasteiger partial charge in [-0.05, 0) is 11.8 Å². The van der Waals surface area contributed by atoms with Gasteiger partial charge in [0.1, 0.15) is 6.04 Å². The molecule has 0 fully saturated rings. The van der Waals surface area contributed by atoms with Crippen LogP contribution in [0, 0.1) is 5.41 Å². The molecule has 0 aromatic carbocycles. The number of nitrogens with two attached hydrogens (primary N) is 1. The van der Waals surface area contributed by atoms with Crippen LogP contribution in [0.4, 0.5) is 0 Å². The molecule has 0 amide bonds. The molecule has 4 heteroatoms. The molecule has 0 radical (unpaired) electrons. The van der Waals surface area contributed by atoms with Crippen LogP contribution in [0.15, 0.2) is 0 Å². The van der Waals surface area contributed by atoms with Gasteiger partial charge in [0.15, 0.2) is 0 Å². The second kappa shape index (κ2) is 4.42. The zero-order valence-electron chi connectivity index (χ0n) is 7.83. The molecule has 4 nitrogen and oxygen atoms in total. The normalized spacial score (nSPS) is 14.3. The summed E-state index contributed by atoms with van der Waals surface area (Å²) in [7, 11) is 1.59. The Morgan fingerprint density at radius 2 is 2.17 bits per heavy atom. The lowest BCUT2D eigenvalue weighted by molar-refractivity contribution is -0.139. The molecule has 0 aromatic heterocycles. The molecule has 0 aliphatic rings. The molecule has 0 aliphatic carbocycles. The number of carbonyl (C=O) groups is 1. The Bertz CT molecular complexity index is 156. The number of rotatable bonds is 5. The second-order valence-corrected chi connectivity index (χ2v) is 3.75. The molecular formula is C8H17NO3. The molecular weight excluding hydrogens is 158 g/mol. The highest BCUT2D eigenvalue weighted by molar-refractivity contribution is 5.73. The van der Waals surface area contributed by atoms with Crippen LogP contribution in [0.3, 0.4) is 0 Å². The molecule has 1 atom stereocenters. The fraction of sp³-hybridized carbons (Fsp3) is 0.875. The monoisotopic (exact) mass is 175 g/mol. The van der Waals surface area contributed by atoms with E-state index in [0.717, 1.165) is 0 Å². The SMILES string of the molecule is COCC(C)(C)C[C@@H](N)C(=O)O. The van der Waals surface area contributed by atoms with Gasteiger partial charge in [0.05, 0.1) is 6.61 Å². The van der Waals surface area contributed by atoms with Gasteiger partial charge in [-0.25, -0.2) is 0 Å². The van der Waals surface area contributed by atoms with Gasteiger partial charge in [-0.3, -0.25) is 4.79 Å². The molecule has 0 rings (SSSR count). The number of hydrogen-bond acceptors (Lipinski definition) is 3. The first-order valence-electron chi connectivity index (χ1n) is 3.86. The Morgan fingerprint density at radius 3 is 2.50 bits per heavy atom. The van der Waals surface area contributed by atoms with Gasteiger partial charge in [0, 0.05) is 7.11 Å². The summed E-state index contributed by atoms with van der Waals surface area (Å²) in [6.07, 6.45) is 0.427. The summed E-state index contributed by atoms with van der Waals surface area (Å²) in [5, 5.41) is 8.55. The van der Waals surface area contributed by atoms with Gasteiger partial charge in [-0.2, -0.15) is 0 Å². The largest absolute Gasteiger partial charge is 0.480 e. The summed E-state index contributed by atoms with van der Waals surface area (Å²) < 4.78 is 4.94. The average molecular weight is 175 g/mol. The first-order chi connectivity index (χ1) is 5.39. The first kappa shape index (κ1) is 11.4. The predicted octanol–water partition coefficient (Wildman–Crippen LogP) is 0.461. The van der Waals surface area contributed by atoms with Crippen LogP contribution >= 0.6 is 0 Å². The van der Waals surface area contributed by atoms with Gasteiger partial charge in [0.2, 0.25) is 0 Å². The van der Waals surface area contributed by atoms with Crippen molar-refractivity contribution in [3.63, 3.8) is 0 Å². The highest BCUT2D eigenvalue weighted by atomic mass is 16.5. The Balaban J connectivity index is 3.95. The molecule has 0 aromatic rings. The molecule has 12 heavy (non-hydrogen) atoms. The fourth-order valence-corrected chi connectivity index (χ4v) is 1.13. The van der Waals surface area contributed by atoms with E-state index in [1.54, 1.807) is 7.11 Å². The minimum atomic E-state index is -0.959. The summed E-state index contributed by atoms with van der Waals surface area (Å²) in [4.78, 5) is 10.4. The van der Waals surface area contributed by atoms with Crippen LogP contribution in [0.1, 0.15) is 20.3 Å². The first-order valence-corrected chi connectivity index (χ1v) is 3.86. The van der Waals surface area contributed by atoms with Crippen molar-refractivity contribution in [2.45, 2.75) is 26.3 Å². The summed E-state index contributed by atoms with van der Waals surface area (Å²) >= 11 is 0. The van der Waals surface area contributed by atoms with Crippen molar-refractivity contribution in [2.75, 3.05) is 13.7 Å². The van der Waals surface area contributed by atoms with Crippen LogP contribution in [-0.2, 0) is 9.53 Å². The van der Waals surface area contributed by atoms with E-state index < -0.39 is 12.0 Å². The molecule has 0 unspecified atom stereocenters. The maximum absolute atomic E-state index is 10.4. The van der Waals surface area contributed by atoms with Gasteiger partial charge in [0.25, 0.3) is 0 Å². The van der Waals surface area contributed by atoms with Crippen molar-refractivity contribution >= 4 is 5.97 Å². The lowest BCUT2D eigenvalue weighted by Crippen LogP contribution is -2.36. The van der Waals surface area contributed by atoms with Crippen molar-refractivity contribution in [1.82, 2.24) is 0 Å². The lowest BCUT2D eigenvalue weighted by atomic mass is 9.87.